The van der Waals surface area contributed by atoms with Crippen LogP contribution < -0.4 is 10.3 Å². The number of halogens is 4. The van der Waals surface area contributed by atoms with Crippen LogP contribution in [-0.4, -0.2) is 32.3 Å². The summed E-state index contributed by atoms with van der Waals surface area (Å²) in [5.41, 5.74) is 1.61. The van der Waals surface area contributed by atoms with E-state index in [4.69, 9.17) is 16.3 Å². The van der Waals surface area contributed by atoms with E-state index in [1.54, 1.807) is 29.1 Å². The van der Waals surface area contributed by atoms with Gasteiger partial charge in [0.25, 0.3) is 5.56 Å². The zero-order valence-electron chi connectivity index (χ0n) is 19.7. The molecule has 4 rings (SSSR count). The summed E-state index contributed by atoms with van der Waals surface area (Å²) in [7, 11) is 1.51. The molecule has 0 fully saturated rings. The van der Waals surface area contributed by atoms with Gasteiger partial charge in [-0.2, -0.15) is 0 Å². The lowest BCUT2D eigenvalue weighted by molar-refractivity contribution is -0.137. The van der Waals surface area contributed by atoms with Crippen molar-refractivity contribution >= 4 is 17.6 Å². The van der Waals surface area contributed by atoms with Gasteiger partial charge >= 0.3 is 5.97 Å². The zero-order chi connectivity index (χ0) is 26.9. The predicted molar refractivity (Wildman–Crippen MR) is 130 cm³/mol. The molecule has 0 aliphatic heterocycles. The van der Waals surface area contributed by atoms with E-state index in [1.165, 1.54) is 19.4 Å². The van der Waals surface area contributed by atoms with Crippen LogP contribution in [0.3, 0.4) is 0 Å². The number of hydrogen-bond acceptors (Lipinski definition) is 4. The second kappa shape index (κ2) is 10.5. The molecule has 4 aromatic rings. The van der Waals surface area contributed by atoms with Crippen molar-refractivity contribution in [1.82, 2.24) is 14.1 Å². The van der Waals surface area contributed by atoms with E-state index >= 15 is 0 Å². The van der Waals surface area contributed by atoms with Gasteiger partial charge in [0, 0.05) is 24.4 Å². The third kappa shape index (κ3) is 5.54. The number of carboxylic acids is 1. The number of benzene rings is 2. The fourth-order valence-corrected chi connectivity index (χ4v) is 4.35. The molecule has 0 saturated heterocycles. The van der Waals surface area contributed by atoms with Gasteiger partial charge < -0.3 is 19.0 Å². The van der Waals surface area contributed by atoms with E-state index in [2.05, 4.69) is 4.98 Å². The second-order valence-electron chi connectivity index (χ2n) is 8.41. The van der Waals surface area contributed by atoms with Crippen LogP contribution in [0.1, 0.15) is 34.8 Å². The van der Waals surface area contributed by atoms with Gasteiger partial charge in [-0.3, -0.25) is 9.59 Å². The van der Waals surface area contributed by atoms with Gasteiger partial charge in [-0.15, -0.1) is 0 Å². The molecule has 0 radical (unpaired) electrons. The number of hydrogen-bond donors (Lipinski definition) is 1. The van der Waals surface area contributed by atoms with Crippen LogP contribution in [0.4, 0.5) is 13.2 Å². The fraction of sp³-hybridized carbons (Fsp3) is 0.192. The number of aromatic nitrogens is 3. The van der Waals surface area contributed by atoms with Crippen LogP contribution in [0, 0.1) is 24.4 Å². The number of nitrogens with zero attached hydrogens (tertiary/aromatic N) is 3. The molecule has 0 amide bonds. The lowest BCUT2D eigenvalue weighted by atomic mass is 10.0. The molecule has 37 heavy (non-hydrogen) atoms. The Bertz CT molecular complexity index is 1530. The molecular formula is C26H21ClF3N3O4. The number of imidazole rings is 1. The van der Waals surface area contributed by atoms with E-state index in [-0.39, 0.29) is 22.6 Å². The van der Waals surface area contributed by atoms with E-state index in [0.717, 1.165) is 15.9 Å². The standard InChI is InChI=1S/C26H21ClF3N3O4/c1-14-11-32(13-31-14)21-4-3-15(6-23(21)37-2)5-17-7-18(27)12-33(26(17)36)22(10-24(34)35)16-8-19(28)25(30)20(29)9-16/h3-4,6-9,11-13,22H,5,10H2,1-2H3,(H,34,35). The topological polar surface area (TPSA) is 86.4 Å². The first kappa shape index (κ1) is 26.0. The minimum atomic E-state index is -1.69. The third-order valence-corrected chi connectivity index (χ3v) is 6.01. The number of rotatable bonds is 8. The molecule has 7 nitrogen and oxygen atoms in total. The Balaban J connectivity index is 1.76. The summed E-state index contributed by atoms with van der Waals surface area (Å²) >= 11 is 6.26. The van der Waals surface area contributed by atoms with Crippen molar-refractivity contribution in [1.29, 1.82) is 0 Å². The number of pyridine rings is 1. The normalized spacial score (nSPS) is 11.9. The molecule has 0 aliphatic carbocycles. The number of carbonyl (C=O) groups is 1. The summed E-state index contributed by atoms with van der Waals surface area (Å²) in [6.07, 6.45) is 4.07. The molecule has 2 heterocycles. The number of aryl methyl sites for hydroxylation is 1. The molecule has 11 heteroatoms. The van der Waals surface area contributed by atoms with Gasteiger partial charge in [-0.1, -0.05) is 17.7 Å². The average molecular weight is 532 g/mol. The minimum absolute atomic E-state index is 0.102. The summed E-state index contributed by atoms with van der Waals surface area (Å²) < 4.78 is 49.7. The smallest absolute Gasteiger partial charge is 0.305 e. The van der Waals surface area contributed by atoms with E-state index in [0.29, 0.717) is 23.4 Å². The van der Waals surface area contributed by atoms with Gasteiger partial charge in [0.15, 0.2) is 17.5 Å². The van der Waals surface area contributed by atoms with Crippen LogP contribution >= 0.6 is 11.6 Å². The number of methoxy groups -OCH3 is 1. The fourth-order valence-electron chi connectivity index (χ4n) is 4.11. The molecule has 0 saturated carbocycles. The summed E-state index contributed by atoms with van der Waals surface area (Å²) in [5, 5.41) is 9.52. The highest BCUT2D eigenvalue weighted by atomic mass is 35.5. The van der Waals surface area contributed by atoms with E-state index in [1.807, 2.05) is 13.1 Å². The largest absolute Gasteiger partial charge is 0.495 e. The number of ether oxygens (including phenoxy) is 1. The highest BCUT2D eigenvalue weighted by Gasteiger charge is 2.24. The van der Waals surface area contributed by atoms with Crippen molar-refractivity contribution < 1.29 is 27.8 Å². The number of aliphatic carboxylic acids is 1. The van der Waals surface area contributed by atoms with Crippen LogP contribution in [0.5, 0.6) is 5.75 Å². The summed E-state index contributed by atoms with van der Waals surface area (Å²) in [5.74, 6) is -5.50. The van der Waals surface area contributed by atoms with Crippen LogP contribution in [0.15, 0.2) is 59.9 Å². The first-order chi connectivity index (χ1) is 17.6. The van der Waals surface area contributed by atoms with Crippen LogP contribution in [0.25, 0.3) is 5.69 Å². The Morgan fingerprint density at radius 3 is 2.43 bits per heavy atom. The Morgan fingerprint density at radius 2 is 1.84 bits per heavy atom. The Morgan fingerprint density at radius 1 is 1.14 bits per heavy atom. The first-order valence-electron chi connectivity index (χ1n) is 11.0. The maximum absolute atomic E-state index is 13.9. The number of carboxylic acid groups (broad SMARTS) is 1. The molecular weight excluding hydrogens is 511 g/mol. The lowest BCUT2D eigenvalue weighted by Crippen LogP contribution is -2.29. The summed E-state index contributed by atoms with van der Waals surface area (Å²) in [6.45, 7) is 1.86. The quantitative estimate of drug-likeness (QED) is 0.321. The maximum Gasteiger partial charge on any atom is 0.305 e. The van der Waals surface area contributed by atoms with Crippen LogP contribution in [-0.2, 0) is 11.2 Å². The molecule has 1 N–H and O–H groups in total. The molecule has 1 unspecified atom stereocenters. The lowest BCUT2D eigenvalue weighted by Gasteiger charge is -2.21. The van der Waals surface area contributed by atoms with Crippen LogP contribution in [0.2, 0.25) is 5.02 Å². The van der Waals surface area contributed by atoms with Gasteiger partial charge in [-0.25, -0.2) is 18.2 Å². The predicted octanol–water partition coefficient (Wildman–Crippen LogP) is 5.08. The van der Waals surface area contributed by atoms with Crippen molar-refractivity contribution in [3.05, 3.63) is 110 Å². The maximum atomic E-state index is 13.9. The van der Waals surface area contributed by atoms with Crippen molar-refractivity contribution in [2.24, 2.45) is 0 Å². The average Bonchev–Trinajstić information content (AvgIpc) is 3.28. The highest BCUT2D eigenvalue weighted by molar-refractivity contribution is 6.30. The van der Waals surface area contributed by atoms with Crippen molar-refractivity contribution in [2.45, 2.75) is 25.8 Å². The Kier molecular flexibility index (Phi) is 7.40. The van der Waals surface area contributed by atoms with E-state index in [9.17, 15) is 27.9 Å². The van der Waals surface area contributed by atoms with Crippen molar-refractivity contribution in [3.8, 4) is 11.4 Å². The SMILES string of the molecule is COc1cc(Cc2cc(Cl)cn(C(CC(=O)O)c3cc(F)c(F)c(F)c3)c2=O)ccc1-n1cnc(C)c1. The van der Waals surface area contributed by atoms with Gasteiger partial charge in [0.2, 0.25) is 0 Å². The molecule has 1 atom stereocenters. The minimum Gasteiger partial charge on any atom is -0.495 e. The van der Waals surface area contributed by atoms with Crippen molar-refractivity contribution in [2.75, 3.05) is 7.11 Å². The Labute approximate surface area is 214 Å². The molecule has 2 aromatic carbocycles. The monoisotopic (exact) mass is 531 g/mol. The molecule has 0 spiro atoms. The third-order valence-electron chi connectivity index (χ3n) is 5.81. The summed E-state index contributed by atoms with van der Waals surface area (Å²) in [6, 6.07) is 6.76. The Hall–Kier alpha value is -4.05. The highest BCUT2D eigenvalue weighted by Crippen LogP contribution is 2.28. The first-order valence-corrected chi connectivity index (χ1v) is 11.4. The molecule has 2 aromatic heterocycles. The summed E-state index contributed by atoms with van der Waals surface area (Å²) in [4.78, 5) is 29.2. The van der Waals surface area contributed by atoms with Crippen molar-refractivity contribution in [3.63, 3.8) is 0 Å². The van der Waals surface area contributed by atoms with E-state index < -0.39 is 41.4 Å². The van der Waals surface area contributed by atoms with Gasteiger partial charge in [0.05, 0.1) is 42.3 Å². The molecule has 192 valence electrons. The zero-order valence-corrected chi connectivity index (χ0v) is 20.5. The molecule has 0 aliphatic rings. The van der Waals surface area contributed by atoms with Gasteiger partial charge in [-0.05, 0) is 48.4 Å². The van der Waals surface area contributed by atoms with Gasteiger partial charge in [0.1, 0.15) is 5.75 Å². The molecule has 0 bridgehead atoms. The second-order valence-corrected chi connectivity index (χ2v) is 8.85.